The minimum absolute atomic E-state index is 0.0336. The minimum Gasteiger partial charge on any atom is -0.505 e. The van der Waals surface area contributed by atoms with Crippen molar-refractivity contribution in [3.8, 4) is 5.75 Å². The fourth-order valence-corrected chi connectivity index (χ4v) is 3.13. The summed E-state index contributed by atoms with van der Waals surface area (Å²) in [5.74, 6) is -1.57. The molecule has 0 bridgehead atoms. The van der Waals surface area contributed by atoms with E-state index >= 15 is 0 Å². The van der Waals surface area contributed by atoms with Crippen LogP contribution in [0.1, 0.15) is 23.2 Å². The van der Waals surface area contributed by atoms with E-state index in [9.17, 15) is 19.1 Å². The minimum atomic E-state index is -0.805. The number of halogens is 1. The number of phenols is 1. The van der Waals surface area contributed by atoms with E-state index in [1.807, 2.05) is 0 Å². The second-order valence-corrected chi connectivity index (χ2v) is 6.18. The molecule has 0 aromatic heterocycles. The highest BCUT2D eigenvalue weighted by molar-refractivity contribution is 5.94. The van der Waals surface area contributed by atoms with Gasteiger partial charge in [-0.3, -0.25) is 9.59 Å². The molecule has 0 unspecified atom stereocenters. The molecule has 124 valence electrons. The fraction of sp³-hybridized carbons (Fsp3) is 0.500. The summed E-state index contributed by atoms with van der Waals surface area (Å²) < 4.78 is 19.1. The number of hydrogen-bond acceptors (Lipinski definition) is 4. The number of likely N-dealkylation sites (N-methyl/N-ethyl adjacent to an activating group) is 1. The summed E-state index contributed by atoms with van der Waals surface area (Å²) >= 11 is 0. The van der Waals surface area contributed by atoms with Crippen LogP contribution in [0.2, 0.25) is 0 Å². The largest absolute Gasteiger partial charge is 0.505 e. The van der Waals surface area contributed by atoms with Crippen molar-refractivity contribution in [2.45, 2.75) is 18.4 Å². The predicted octanol–water partition coefficient (Wildman–Crippen LogP) is 0.995. The van der Waals surface area contributed by atoms with Gasteiger partial charge in [-0.15, -0.1) is 0 Å². The lowest BCUT2D eigenvalue weighted by Gasteiger charge is -2.46. The maximum Gasteiger partial charge on any atom is 0.253 e. The Hall–Kier alpha value is -2.15. The van der Waals surface area contributed by atoms with Gasteiger partial charge in [-0.05, 0) is 31.0 Å². The molecule has 1 spiro atoms. The van der Waals surface area contributed by atoms with Crippen LogP contribution in [0.15, 0.2) is 18.2 Å². The van der Waals surface area contributed by atoms with Crippen LogP contribution in [-0.4, -0.2) is 65.6 Å². The van der Waals surface area contributed by atoms with E-state index in [-0.39, 0.29) is 29.6 Å². The number of piperidine rings is 1. The van der Waals surface area contributed by atoms with Crippen LogP contribution in [-0.2, 0) is 9.53 Å². The van der Waals surface area contributed by atoms with E-state index in [1.54, 1.807) is 16.8 Å². The smallest absolute Gasteiger partial charge is 0.253 e. The fourth-order valence-electron chi connectivity index (χ4n) is 3.13. The molecular weight excluding hydrogens is 303 g/mol. The molecule has 7 heteroatoms. The Bertz CT molecular complexity index is 641. The van der Waals surface area contributed by atoms with Gasteiger partial charge in [0.25, 0.3) is 5.91 Å². The van der Waals surface area contributed by atoms with Crippen LogP contribution < -0.4 is 0 Å². The van der Waals surface area contributed by atoms with Crippen molar-refractivity contribution in [1.82, 2.24) is 9.80 Å². The number of aromatic hydroxyl groups is 1. The van der Waals surface area contributed by atoms with Crippen molar-refractivity contribution in [2.75, 3.05) is 33.3 Å². The maximum atomic E-state index is 13.4. The second kappa shape index (κ2) is 5.81. The van der Waals surface area contributed by atoms with Gasteiger partial charge in [0.1, 0.15) is 6.61 Å². The van der Waals surface area contributed by atoms with Gasteiger partial charge in [0.05, 0.1) is 5.60 Å². The predicted molar refractivity (Wildman–Crippen MR) is 79.5 cm³/mol. The molecule has 1 aromatic rings. The Kier molecular flexibility index (Phi) is 3.97. The van der Waals surface area contributed by atoms with E-state index in [1.165, 1.54) is 12.1 Å². The standard InChI is InChI=1S/C16H19FN2O4/c1-18-10-16(23-9-14(18)21)4-6-19(7-5-16)15(22)11-2-3-13(20)12(17)8-11/h2-3,8,20H,4-7,9-10H2,1H3. The lowest BCUT2D eigenvalue weighted by atomic mass is 9.89. The third kappa shape index (κ3) is 3.01. The number of carbonyl (C=O) groups is 2. The zero-order chi connectivity index (χ0) is 16.6. The molecular formula is C16H19FN2O4. The molecule has 2 heterocycles. The highest BCUT2D eigenvalue weighted by Crippen LogP contribution is 2.30. The number of likely N-dealkylation sites (tertiary alicyclic amines) is 1. The number of morpholine rings is 1. The number of ether oxygens (including phenoxy) is 1. The molecule has 2 aliphatic heterocycles. The van der Waals surface area contributed by atoms with E-state index in [4.69, 9.17) is 4.74 Å². The second-order valence-electron chi connectivity index (χ2n) is 6.18. The van der Waals surface area contributed by atoms with Crippen LogP contribution >= 0.6 is 0 Å². The first-order valence-corrected chi connectivity index (χ1v) is 7.56. The van der Waals surface area contributed by atoms with E-state index in [0.29, 0.717) is 32.5 Å². The van der Waals surface area contributed by atoms with Gasteiger partial charge < -0.3 is 19.6 Å². The Labute approximate surface area is 133 Å². The molecule has 0 saturated carbocycles. The molecule has 2 fully saturated rings. The Morgan fingerprint density at radius 3 is 2.65 bits per heavy atom. The van der Waals surface area contributed by atoms with Gasteiger partial charge in [-0.2, -0.15) is 0 Å². The van der Waals surface area contributed by atoms with Crippen LogP contribution in [0, 0.1) is 5.82 Å². The Morgan fingerprint density at radius 2 is 2.04 bits per heavy atom. The third-order valence-electron chi connectivity index (χ3n) is 4.61. The van der Waals surface area contributed by atoms with Crippen molar-refractivity contribution >= 4 is 11.8 Å². The zero-order valence-corrected chi connectivity index (χ0v) is 12.9. The number of benzene rings is 1. The van der Waals surface area contributed by atoms with E-state index < -0.39 is 11.6 Å². The number of rotatable bonds is 1. The Balaban J connectivity index is 1.65. The molecule has 0 atom stereocenters. The number of nitrogens with zero attached hydrogens (tertiary/aromatic N) is 2. The number of phenolic OH excluding ortho intramolecular Hbond substituents is 1. The summed E-state index contributed by atoms with van der Waals surface area (Å²) in [5.41, 5.74) is -0.173. The lowest BCUT2D eigenvalue weighted by Crippen LogP contribution is -2.58. The first kappa shape index (κ1) is 15.7. The van der Waals surface area contributed by atoms with E-state index in [0.717, 1.165) is 6.07 Å². The zero-order valence-electron chi connectivity index (χ0n) is 12.9. The number of hydrogen-bond donors (Lipinski definition) is 1. The highest BCUT2D eigenvalue weighted by Gasteiger charge is 2.42. The average Bonchev–Trinajstić information content (AvgIpc) is 2.54. The average molecular weight is 322 g/mol. The molecule has 6 nitrogen and oxygen atoms in total. The van der Waals surface area contributed by atoms with Crippen LogP contribution in [0.25, 0.3) is 0 Å². The van der Waals surface area contributed by atoms with Gasteiger partial charge in [-0.1, -0.05) is 0 Å². The van der Waals surface area contributed by atoms with Gasteiger partial charge in [0, 0.05) is 32.2 Å². The van der Waals surface area contributed by atoms with Crippen molar-refractivity contribution in [2.24, 2.45) is 0 Å². The van der Waals surface area contributed by atoms with Crippen LogP contribution in [0.5, 0.6) is 5.75 Å². The Morgan fingerprint density at radius 1 is 1.35 bits per heavy atom. The monoisotopic (exact) mass is 322 g/mol. The topological polar surface area (TPSA) is 70.1 Å². The number of carbonyl (C=O) groups excluding carboxylic acids is 2. The third-order valence-corrected chi connectivity index (χ3v) is 4.61. The molecule has 2 aliphatic rings. The molecule has 23 heavy (non-hydrogen) atoms. The van der Waals surface area contributed by atoms with Crippen molar-refractivity contribution in [1.29, 1.82) is 0 Å². The van der Waals surface area contributed by atoms with Crippen molar-refractivity contribution in [3.05, 3.63) is 29.6 Å². The number of amides is 2. The normalized spacial score (nSPS) is 20.9. The molecule has 0 radical (unpaired) electrons. The van der Waals surface area contributed by atoms with Gasteiger partial charge in [-0.25, -0.2) is 4.39 Å². The lowest BCUT2D eigenvalue weighted by molar-refractivity contribution is -0.167. The summed E-state index contributed by atoms with van der Waals surface area (Å²) in [6.07, 6.45) is 1.27. The molecule has 3 rings (SSSR count). The van der Waals surface area contributed by atoms with Gasteiger partial charge in [0.2, 0.25) is 5.91 Å². The molecule has 2 amide bonds. The van der Waals surface area contributed by atoms with Crippen LogP contribution in [0.4, 0.5) is 4.39 Å². The van der Waals surface area contributed by atoms with Gasteiger partial charge >= 0.3 is 0 Å². The molecule has 1 aromatic carbocycles. The highest BCUT2D eigenvalue weighted by atomic mass is 19.1. The van der Waals surface area contributed by atoms with Crippen molar-refractivity contribution in [3.63, 3.8) is 0 Å². The first-order chi connectivity index (χ1) is 10.9. The summed E-state index contributed by atoms with van der Waals surface area (Å²) in [5, 5.41) is 9.20. The maximum absolute atomic E-state index is 13.4. The van der Waals surface area contributed by atoms with Gasteiger partial charge in [0.15, 0.2) is 11.6 Å². The first-order valence-electron chi connectivity index (χ1n) is 7.56. The molecule has 1 N–H and O–H groups in total. The van der Waals surface area contributed by atoms with Crippen LogP contribution in [0.3, 0.4) is 0 Å². The molecule has 0 aliphatic carbocycles. The summed E-state index contributed by atoms with van der Waals surface area (Å²) in [7, 11) is 1.75. The van der Waals surface area contributed by atoms with E-state index in [2.05, 4.69) is 0 Å². The molecule has 2 saturated heterocycles. The quantitative estimate of drug-likeness (QED) is 0.837. The summed E-state index contributed by atoms with van der Waals surface area (Å²) in [6, 6.07) is 3.64. The van der Waals surface area contributed by atoms with Crippen molar-refractivity contribution < 1.29 is 23.8 Å². The summed E-state index contributed by atoms with van der Waals surface area (Å²) in [4.78, 5) is 27.3. The summed E-state index contributed by atoms with van der Waals surface area (Å²) in [6.45, 7) is 1.59. The SMILES string of the molecule is CN1CC2(CCN(C(=O)c3ccc(O)c(F)c3)CC2)OCC1=O.